The third-order valence-corrected chi connectivity index (χ3v) is 9.93. The van der Waals surface area contributed by atoms with Gasteiger partial charge in [0.05, 0.1) is 52.5 Å². The Morgan fingerprint density at radius 1 is 0.329 bits per heavy atom. The Morgan fingerprint density at radius 2 is 0.570 bits per heavy atom. The summed E-state index contributed by atoms with van der Waals surface area (Å²) in [4.78, 5) is 153. The van der Waals surface area contributed by atoms with Gasteiger partial charge in [-0.3, -0.25) is 47.9 Å². The summed E-state index contributed by atoms with van der Waals surface area (Å²) >= 11 is 17.9. The molecule has 79 heavy (non-hydrogen) atoms. The third kappa shape index (κ3) is 44.0. The number of esters is 5. The third-order valence-electron chi connectivity index (χ3n) is 9.48. The maximum Gasteiger partial charge on any atom is 0.325 e. The molecule has 0 heterocycles. The van der Waals surface area contributed by atoms with Gasteiger partial charge in [-0.05, 0) is 32.1 Å². The molecule has 0 saturated carbocycles. The zero-order chi connectivity index (χ0) is 58.7. The van der Waals surface area contributed by atoms with Crippen LogP contribution in [0.1, 0.15) is 96.3 Å². The lowest BCUT2D eigenvalue weighted by Gasteiger charge is -2.36. The van der Waals surface area contributed by atoms with Crippen molar-refractivity contribution in [1.82, 2.24) is 24.4 Å². The standard InChI is InChI=1S/C43H71N5O26S5/c1-2-61-42(30(62-22-24-66-34(51)10-5-15-39(56)72-46-77)28-59-18-20-64-32(49)8-3-13-37(54)70-44-75)43(69-27-26-68-36(53)12-7-17-41(58)74-48-79)31(63-23-25-67-35(52)11-6-16-40(57)73-47-78)29-60-19-21-65-33(50)9-4-14-38(55)71-45-76/h2,30-31,42-48,75-79H,1,3-29H2. The minimum atomic E-state index is -1.33. The maximum absolute atomic E-state index is 12.6. The molecular formula is C43H71N5O26S5. The largest absolute Gasteiger partial charge is 0.493 e. The molecule has 0 aromatic rings. The predicted octanol–water partition coefficient (Wildman–Crippen LogP) is 0.734. The lowest BCUT2D eigenvalue weighted by Crippen LogP contribution is -2.52. The summed E-state index contributed by atoms with van der Waals surface area (Å²) in [6.07, 6.45) is -4.92. The number of nitrogens with one attached hydrogen (secondary N) is 5. The summed E-state index contributed by atoms with van der Waals surface area (Å²) in [6.45, 7) is 0.0437. The van der Waals surface area contributed by atoms with Crippen LogP contribution in [0.25, 0.3) is 0 Å². The molecule has 4 atom stereocenters. The van der Waals surface area contributed by atoms with Crippen molar-refractivity contribution in [2.24, 2.45) is 0 Å². The second-order valence-electron chi connectivity index (χ2n) is 15.3. The van der Waals surface area contributed by atoms with E-state index in [1.807, 2.05) is 24.4 Å². The summed E-state index contributed by atoms with van der Waals surface area (Å²) in [7, 11) is 0. The molecule has 0 bridgehead atoms. The van der Waals surface area contributed by atoms with E-state index < -0.39 is 84.1 Å². The second kappa shape index (κ2) is 51.7. The highest BCUT2D eigenvalue weighted by Gasteiger charge is 2.39. The van der Waals surface area contributed by atoms with Gasteiger partial charge in [0, 0.05) is 64.2 Å². The Balaban J connectivity index is 6.71. The molecular weight excluding hydrogens is 1160 g/mol. The lowest BCUT2D eigenvalue weighted by atomic mass is 10.0. The number of hydrogen-bond donors (Lipinski definition) is 10. The lowest BCUT2D eigenvalue weighted by molar-refractivity contribution is -0.193. The van der Waals surface area contributed by atoms with Crippen LogP contribution in [-0.4, -0.2) is 163 Å². The van der Waals surface area contributed by atoms with Gasteiger partial charge in [0.15, 0.2) is 6.10 Å². The molecule has 0 radical (unpaired) electrons. The Bertz CT molecular complexity index is 1790. The first-order valence-electron chi connectivity index (χ1n) is 24.1. The first kappa shape index (κ1) is 74.6. The van der Waals surface area contributed by atoms with E-state index in [0.717, 1.165) is 6.26 Å². The van der Waals surface area contributed by atoms with E-state index in [4.69, 9.17) is 52.1 Å². The Labute approximate surface area is 483 Å². The van der Waals surface area contributed by atoms with Crippen molar-refractivity contribution in [2.45, 2.75) is 121 Å². The predicted molar refractivity (Wildman–Crippen MR) is 281 cm³/mol. The van der Waals surface area contributed by atoms with E-state index >= 15 is 0 Å². The Hall–Kier alpha value is -4.41. The summed E-state index contributed by atoms with van der Waals surface area (Å²) < 4.78 is 62.9. The SMILES string of the molecule is C=COC(C(COCCOC(=O)CCCC(=O)ONS)OCCOC(=O)CCCC(=O)ONS)C(OCCOC(=O)CCCC(=O)ONS)C(COCCOC(=O)CCCC(=O)ONS)OCCOC(=O)CCCC(=O)ONS. The van der Waals surface area contributed by atoms with Gasteiger partial charge in [-0.15, -0.1) is 0 Å². The van der Waals surface area contributed by atoms with E-state index in [1.54, 1.807) is 0 Å². The summed E-state index contributed by atoms with van der Waals surface area (Å²) in [5.41, 5.74) is 0. The van der Waals surface area contributed by atoms with Crippen molar-refractivity contribution in [3.63, 3.8) is 0 Å². The van der Waals surface area contributed by atoms with Crippen molar-refractivity contribution >= 4 is 124 Å². The highest BCUT2D eigenvalue weighted by molar-refractivity contribution is 7.78. The number of rotatable bonds is 52. The summed E-state index contributed by atoms with van der Waals surface area (Å²) in [5, 5.41) is 0. The van der Waals surface area contributed by atoms with Crippen LogP contribution >= 0.6 is 64.1 Å². The molecule has 0 saturated heterocycles. The van der Waals surface area contributed by atoms with Crippen molar-refractivity contribution < 1.29 is 124 Å². The van der Waals surface area contributed by atoms with Crippen LogP contribution < -0.4 is 24.4 Å². The van der Waals surface area contributed by atoms with E-state index in [0.29, 0.717) is 0 Å². The van der Waals surface area contributed by atoms with Gasteiger partial charge in [0.25, 0.3) is 0 Å². The smallest absolute Gasteiger partial charge is 0.325 e. The fourth-order valence-corrected chi connectivity index (χ4v) is 6.52. The topological polar surface area (TPSA) is 379 Å². The first-order chi connectivity index (χ1) is 38.1. The van der Waals surface area contributed by atoms with E-state index in [2.05, 4.69) is 94.8 Å². The van der Waals surface area contributed by atoms with Crippen LogP contribution in [0.15, 0.2) is 12.8 Å². The highest BCUT2D eigenvalue weighted by atomic mass is 32.1. The number of ether oxygens (including phenoxy) is 11. The van der Waals surface area contributed by atoms with Gasteiger partial charge < -0.3 is 76.3 Å². The van der Waals surface area contributed by atoms with Crippen LogP contribution in [-0.2, 0) is 124 Å². The van der Waals surface area contributed by atoms with Crippen LogP contribution in [0.5, 0.6) is 0 Å². The molecule has 0 aromatic heterocycles. The van der Waals surface area contributed by atoms with E-state index in [1.165, 1.54) is 0 Å². The van der Waals surface area contributed by atoms with Crippen LogP contribution in [0.4, 0.5) is 0 Å². The molecule has 4 unspecified atom stereocenters. The van der Waals surface area contributed by atoms with Gasteiger partial charge in [-0.25, -0.2) is 0 Å². The normalized spacial score (nSPS) is 12.3. The Morgan fingerprint density at radius 3 is 0.835 bits per heavy atom. The maximum atomic E-state index is 12.6. The Kier molecular flexibility index (Phi) is 48.8. The summed E-state index contributed by atoms with van der Waals surface area (Å²) in [6, 6.07) is 0. The number of thiol groups is 5. The molecule has 31 nitrogen and oxygen atoms in total. The van der Waals surface area contributed by atoms with Gasteiger partial charge in [-0.2, -0.15) is 0 Å². The minimum Gasteiger partial charge on any atom is -0.493 e. The number of carbonyl (C=O) groups excluding carboxylic acids is 10. The molecule has 0 spiro atoms. The molecule has 0 aromatic carbocycles. The van der Waals surface area contributed by atoms with Crippen LogP contribution in [0, 0.1) is 0 Å². The van der Waals surface area contributed by atoms with Crippen LogP contribution in [0.2, 0.25) is 0 Å². The second-order valence-corrected chi connectivity index (χ2v) is 16.2. The van der Waals surface area contributed by atoms with Gasteiger partial charge in [0.1, 0.15) is 51.3 Å². The number of carbonyl (C=O) groups is 10. The van der Waals surface area contributed by atoms with Crippen molar-refractivity contribution in [2.75, 3.05) is 79.3 Å². The molecule has 0 fully saturated rings. The molecule has 36 heteroatoms. The average molecular weight is 1230 g/mol. The van der Waals surface area contributed by atoms with Crippen molar-refractivity contribution in [3.05, 3.63) is 12.8 Å². The van der Waals surface area contributed by atoms with Crippen molar-refractivity contribution in [3.8, 4) is 0 Å². The van der Waals surface area contributed by atoms with Crippen LogP contribution in [0.3, 0.4) is 0 Å². The highest BCUT2D eigenvalue weighted by Crippen LogP contribution is 2.21. The quantitative estimate of drug-likeness (QED) is 0.0100. The monoisotopic (exact) mass is 1230 g/mol. The zero-order valence-corrected chi connectivity index (χ0v) is 47.5. The molecule has 454 valence electrons. The summed E-state index contributed by atoms with van der Waals surface area (Å²) in [5.74, 6) is -6.66. The molecule has 0 rings (SSSR count). The first-order valence-corrected chi connectivity index (χ1v) is 26.4. The molecule has 0 aliphatic heterocycles. The fraction of sp³-hybridized carbons (Fsp3) is 0.721. The molecule has 0 amide bonds. The molecule has 0 aliphatic carbocycles. The molecule has 0 aliphatic rings. The number of hydrogen-bond acceptors (Lipinski definition) is 36. The average Bonchev–Trinajstić information content (AvgIpc) is 3.39. The van der Waals surface area contributed by atoms with E-state index in [9.17, 15) is 47.9 Å². The van der Waals surface area contributed by atoms with E-state index in [-0.39, 0.29) is 176 Å². The van der Waals surface area contributed by atoms with Gasteiger partial charge in [0.2, 0.25) is 0 Å². The minimum absolute atomic E-state index is 0.0726. The van der Waals surface area contributed by atoms with Crippen molar-refractivity contribution in [1.29, 1.82) is 0 Å². The van der Waals surface area contributed by atoms with Gasteiger partial charge in [-0.1, -0.05) is 95.1 Å². The fourth-order valence-electron chi connectivity index (χ4n) is 6.01. The van der Waals surface area contributed by atoms with Gasteiger partial charge >= 0.3 is 59.7 Å². The zero-order valence-electron chi connectivity index (χ0n) is 43.0. The molecule has 5 N–H and O–H groups in total.